The van der Waals surface area contributed by atoms with Crippen LogP contribution < -0.4 is 26.9 Å². The first kappa shape index (κ1) is 38.6. The summed E-state index contributed by atoms with van der Waals surface area (Å²) < 4.78 is 16.8. The van der Waals surface area contributed by atoms with Crippen LogP contribution >= 0.6 is 0 Å². The Morgan fingerprint density at radius 3 is 1.89 bits per heavy atom. The highest BCUT2D eigenvalue weighted by Gasteiger charge is 2.19. The summed E-state index contributed by atoms with van der Waals surface area (Å²) in [6, 6.07) is 39.9. The molecule has 0 saturated heterocycles. The van der Waals surface area contributed by atoms with Gasteiger partial charge in [0.1, 0.15) is 23.7 Å². The molecule has 61 heavy (non-hydrogen) atoms. The van der Waals surface area contributed by atoms with E-state index in [0.29, 0.717) is 57.4 Å². The highest BCUT2D eigenvalue weighted by molar-refractivity contribution is 6.08. The number of aromatic amines is 3. The first-order chi connectivity index (χ1) is 29.6. The van der Waals surface area contributed by atoms with Gasteiger partial charge in [-0.15, -0.1) is 0 Å². The second-order valence-corrected chi connectivity index (χ2v) is 13.4. The second-order valence-electron chi connectivity index (χ2n) is 13.4. The van der Waals surface area contributed by atoms with Crippen LogP contribution in [0.2, 0.25) is 0 Å². The maximum absolute atomic E-state index is 13.0. The number of nitriles is 2. The number of aryl methyl sites for hydroxylation is 1. The minimum Gasteiger partial charge on any atom is -0.489 e. The number of aromatic nitrogens is 6. The summed E-state index contributed by atoms with van der Waals surface area (Å²) in [5.41, 5.74) is 5.73. The molecule has 2 amide bonds. The van der Waals surface area contributed by atoms with Crippen molar-refractivity contribution in [1.82, 2.24) is 29.8 Å². The first-order valence-electron chi connectivity index (χ1n) is 18.3. The summed E-state index contributed by atoms with van der Waals surface area (Å²) in [6.07, 6.45) is 0. The van der Waals surface area contributed by atoms with Crippen molar-refractivity contribution in [1.29, 1.82) is 10.5 Å². The van der Waals surface area contributed by atoms with Gasteiger partial charge < -0.3 is 24.9 Å². The van der Waals surface area contributed by atoms with Crippen molar-refractivity contribution in [3.8, 4) is 40.7 Å². The molecule has 0 saturated carbocycles. The average Bonchev–Trinajstić information content (AvgIpc) is 4.10. The third kappa shape index (κ3) is 8.42. The number of nitrogens with one attached hydrogen (secondary N) is 5. The largest absolute Gasteiger partial charge is 0.489 e. The molecule has 0 radical (unpaired) electrons. The molecule has 9 rings (SSSR count). The molecule has 5 N–H and O–H groups in total. The van der Waals surface area contributed by atoms with E-state index in [0.717, 1.165) is 27.4 Å². The minimum atomic E-state index is -0.740. The Morgan fingerprint density at radius 1 is 0.689 bits per heavy atom. The molecular weight excluding hydrogens is 781 g/mol. The van der Waals surface area contributed by atoms with E-state index < -0.39 is 17.4 Å². The molecule has 0 atom stereocenters. The zero-order chi connectivity index (χ0) is 42.5. The monoisotopic (exact) mass is 810 g/mol. The third-order valence-electron chi connectivity index (χ3n) is 9.46. The predicted molar refractivity (Wildman–Crippen MR) is 222 cm³/mol. The number of H-pyrrole nitrogens is 3. The lowest BCUT2D eigenvalue weighted by molar-refractivity contribution is 0.101. The molecule has 5 aromatic carbocycles. The number of anilines is 2. The fourth-order valence-electron chi connectivity index (χ4n) is 6.47. The standard InChI is InChI=1S/C25H17N5O4.C19H13N5O3/c26-13-16-6-9-20(19(10-16)23-29-25(32)34-30-23)28-24(31)22-11-17-7-8-18(12-21(17)27-22)33-14-15-4-2-1-3-5-15;1-24-15-5-3-2-4-12(15)9-16(24)18(25)21-14-7-6-11(10-20)8-13(14)17-22-19(26)27-23-17/h1-12,27H,14H2,(H,28,31)(H,29,30,32);2-9H,1H3,(H,21,25)(H,22,23,26). The Morgan fingerprint density at radius 2 is 1.30 bits per heavy atom. The number of carbonyl (C=O) groups is 2. The van der Waals surface area contributed by atoms with Crippen molar-refractivity contribution < 1.29 is 23.4 Å². The van der Waals surface area contributed by atoms with E-state index in [1.165, 1.54) is 12.1 Å². The number of nitrogens with zero attached hydrogens (tertiary/aromatic N) is 5. The second kappa shape index (κ2) is 16.7. The van der Waals surface area contributed by atoms with Gasteiger partial charge in [-0.05, 0) is 72.3 Å². The Kier molecular flexibility index (Phi) is 10.6. The van der Waals surface area contributed by atoms with Gasteiger partial charge in [0.05, 0.1) is 34.6 Å². The highest BCUT2D eigenvalue weighted by Crippen LogP contribution is 2.29. The van der Waals surface area contributed by atoms with E-state index >= 15 is 0 Å². The molecule has 9 aromatic rings. The summed E-state index contributed by atoms with van der Waals surface area (Å²) in [6.45, 7) is 0.437. The maximum Gasteiger partial charge on any atom is 0.439 e. The fraction of sp³-hybridized carbons (Fsp3) is 0.0455. The van der Waals surface area contributed by atoms with Gasteiger partial charge in [0.25, 0.3) is 11.8 Å². The number of hydrogen-bond acceptors (Lipinski definition) is 11. The van der Waals surface area contributed by atoms with Gasteiger partial charge in [0.15, 0.2) is 11.6 Å². The zero-order valence-corrected chi connectivity index (χ0v) is 31.8. The number of para-hydroxylation sites is 1. The Hall–Kier alpha value is -9.22. The fourth-order valence-corrected chi connectivity index (χ4v) is 6.47. The molecule has 0 unspecified atom stereocenters. The number of ether oxygens (including phenoxy) is 1. The van der Waals surface area contributed by atoms with Crippen LogP contribution in [-0.4, -0.2) is 41.6 Å². The van der Waals surface area contributed by atoms with Crippen molar-refractivity contribution in [2.45, 2.75) is 6.61 Å². The van der Waals surface area contributed by atoms with Gasteiger partial charge in [-0.1, -0.05) is 58.8 Å². The molecule has 298 valence electrons. The van der Waals surface area contributed by atoms with Gasteiger partial charge in [-0.2, -0.15) is 10.5 Å². The van der Waals surface area contributed by atoms with Crippen LogP contribution in [0, 0.1) is 22.7 Å². The van der Waals surface area contributed by atoms with Crippen LogP contribution in [0.15, 0.2) is 140 Å². The Labute approximate surface area is 343 Å². The molecule has 17 heteroatoms. The Bertz CT molecular complexity index is 3300. The number of carbonyl (C=O) groups excluding carboxylic acids is 2. The van der Waals surface area contributed by atoms with Crippen molar-refractivity contribution in [2.75, 3.05) is 10.6 Å². The van der Waals surface area contributed by atoms with Gasteiger partial charge in [-0.25, -0.2) is 9.59 Å². The van der Waals surface area contributed by atoms with E-state index in [1.54, 1.807) is 41.0 Å². The van der Waals surface area contributed by atoms with Crippen LogP contribution in [0.4, 0.5) is 11.4 Å². The number of fused-ring (bicyclic) bond motifs is 2. The lowest BCUT2D eigenvalue weighted by Gasteiger charge is -2.10. The number of benzene rings is 5. The summed E-state index contributed by atoms with van der Waals surface area (Å²) in [5, 5.41) is 33.0. The summed E-state index contributed by atoms with van der Waals surface area (Å²) in [4.78, 5) is 56.4. The van der Waals surface area contributed by atoms with E-state index in [1.807, 2.05) is 92.0 Å². The molecule has 0 aliphatic rings. The minimum absolute atomic E-state index is 0.106. The molecular formula is C44H30N10O7. The third-order valence-corrected chi connectivity index (χ3v) is 9.46. The van der Waals surface area contributed by atoms with Gasteiger partial charge in [0.2, 0.25) is 0 Å². The average molecular weight is 811 g/mol. The van der Waals surface area contributed by atoms with E-state index in [-0.39, 0.29) is 17.6 Å². The number of rotatable bonds is 9. The van der Waals surface area contributed by atoms with Crippen LogP contribution in [-0.2, 0) is 13.7 Å². The van der Waals surface area contributed by atoms with Crippen LogP contribution in [0.3, 0.4) is 0 Å². The van der Waals surface area contributed by atoms with Gasteiger partial charge >= 0.3 is 11.5 Å². The van der Waals surface area contributed by atoms with Crippen LogP contribution in [0.1, 0.15) is 37.7 Å². The van der Waals surface area contributed by atoms with Crippen LogP contribution in [0.5, 0.6) is 5.75 Å². The molecule has 17 nitrogen and oxygen atoms in total. The van der Waals surface area contributed by atoms with Crippen molar-refractivity contribution >= 4 is 45.0 Å². The summed E-state index contributed by atoms with van der Waals surface area (Å²) >= 11 is 0. The smallest absolute Gasteiger partial charge is 0.439 e. The Balaban J connectivity index is 0.000000173. The van der Waals surface area contributed by atoms with E-state index in [2.05, 4.69) is 44.9 Å². The highest BCUT2D eigenvalue weighted by atomic mass is 16.5. The maximum atomic E-state index is 13.0. The number of hydrogen-bond donors (Lipinski definition) is 5. The topological polar surface area (TPSA) is 254 Å². The molecule has 4 aromatic heterocycles. The van der Waals surface area contributed by atoms with Crippen molar-refractivity contribution in [2.24, 2.45) is 7.05 Å². The first-order valence-corrected chi connectivity index (χ1v) is 18.3. The van der Waals surface area contributed by atoms with Gasteiger partial charge in [-0.3, -0.25) is 28.6 Å². The summed E-state index contributed by atoms with van der Waals surface area (Å²) in [7, 11) is 1.81. The molecule has 0 aliphatic carbocycles. The van der Waals surface area contributed by atoms with Crippen molar-refractivity contribution in [3.63, 3.8) is 0 Å². The summed E-state index contributed by atoms with van der Waals surface area (Å²) in [5.74, 6) is -1.28. The van der Waals surface area contributed by atoms with E-state index in [9.17, 15) is 24.4 Å². The molecule has 0 aliphatic heterocycles. The molecule has 0 fully saturated rings. The predicted octanol–water partition coefficient (Wildman–Crippen LogP) is 6.86. The zero-order valence-electron chi connectivity index (χ0n) is 31.8. The molecule has 4 heterocycles. The molecule has 0 bridgehead atoms. The molecule has 0 spiro atoms. The van der Waals surface area contributed by atoms with Gasteiger partial charge in [0, 0.05) is 46.0 Å². The lowest BCUT2D eigenvalue weighted by atomic mass is 10.1. The number of amides is 2. The lowest BCUT2D eigenvalue weighted by Crippen LogP contribution is -2.16. The normalized spacial score (nSPS) is 10.7. The van der Waals surface area contributed by atoms with Crippen LogP contribution in [0.25, 0.3) is 44.6 Å². The van der Waals surface area contributed by atoms with E-state index in [4.69, 9.17) is 10.00 Å². The quantitative estimate of drug-likeness (QED) is 0.101. The van der Waals surface area contributed by atoms with Crippen molar-refractivity contribution in [3.05, 3.63) is 171 Å². The SMILES string of the molecule is Cn1c(C(=O)Nc2ccc(C#N)cc2-c2noc(=O)[nH]2)cc2ccccc21.N#Cc1ccc(NC(=O)c2cc3ccc(OCc4ccccc4)cc3[nH]2)c(-c2noc(=O)[nH]2)c1.